The molecule has 0 amide bonds. The van der Waals surface area contributed by atoms with Gasteiger partial charge in [0.1, 0.15) is 29.6 Å². The van der Waals surface area contributed by atoms with Crippen LogP contribution in [0, 0.1) is 0 Å². The lowest BCUT2D eigenvalue weighted by Gasteiger charge is -2.19. The summed E-state index contributed by atoms with van der Waals surface area (Å²) < 4.78 is 42.4. The van der Waals surface area contributed by atoms with Crippen molar-refractivity contribution in [1.82, 2.24) is 4.31 Å². The molecule has 0 aliphatic rings. The van der Waals surface area contributed by atoms with Gasteiger partial charge >= 0.3 is 5.97 Å². The van der Waals surface area contributed by atoms with Gasteiger partial charge in [0.2, 0.25) is 10.0 Å². The van der Waals surface area contributed by atoms with Gasteiger partial charge in [-0.25, -0.2) is 13.2 Å². The van der Waals surface area contributed by atoms with E-state index in [4.69, 9.17) is 25.8 Å². The first-order chi connectivity index (χ1) is 13.8. The molecule has 29 heavy (non-hydrogen) atoms. The average molecular weight is 442 g/mol. The summed E-state index contributed by atoms with van der Waals surface area (Å²) in [4.78, 5) is 12.2. The highest BCUT2D eigenvalue weighted by Crippen LogP contribution is 2.26. The highest BCUT2D eigenvalue weighted by atomic mass is 35.5. The molecule has 0 radical (unpaired) electrons. The van der Waals surface area contributed by atoms with Gasteiger partial charge in [0.15, 0.2) is 0 Å². The zero-order chi connectivity index (χ0) is 21.4. The zero-order valence-corrected chi connectivity index (χ0v) is 18.1. The van der Waals surface area contributed by atoms with E-state index in [1.54, 1.807) is 45.2 Å². The number of esters is 1. The molecule has 9 heteroatoms. The van der Waals surface area contributed by atoms with Crippen LogP contribution in [0.25, 0.3) is 0 Å². The molecule has 0 aliphatic carbocycles. The molecule has 0 saturated heterocycles. The molecular weight excluding hydrogens is 418 g/mol. The Bertz CT molecular complexity index is 926. The minimum Gasteiger partial charge on any atom is -0.497 e. The summed E-state index contributed by atoms with van der Waals surface area (Å²) in [7, 11) is -2.22. The highest BCUT2D eigenvalue weighted by Gasteiger charge is 2.25. The Hall–Kier alpha value is -2.29. The SMILES string of the molecule is CCN(CC)S(=O)(=O)c1cc(C(=O)OCCOc2ccc(OC)cc2)ccc1Cl. The molecule has 0 spiro atoms. The van der Waals surface area contributed by atoms with E-state index in [0.717, 1.165) is 0 Å². The fraction of sp³-hybridized carbons (Fsp3) is 0.350. The fourth-order valence-electron chi connectivity index (χ4n) is 2.58. The third-order valence-electron chi connectivity index (χ3n) is 4.13. The normalized spacial score (nSPS) is 11.3. The van der Waals surface area contributed by atoms with E-state index in [1.165, 1.54) is 22.5 Å². The number of carbonyl (C=O) groups excluding carboxylic acids is 1. The molecule has 0 saturated carbocycles. The molecule has 2 aromatic rings. The molecule has 0 N–H and O–H groups in total. The molecule has 2 aromatic carbocycles. The second-order valence-corrected chi connectivity index (χ2v) is 8.21. The minimum absolute atomic E-state index is 0.00557. The van der Waals surface area contributed by atoms with Crippen LogP contribution in [0.2, 0.25) is 5.02 Å². The Balaban J connectivity index is 2.00. The standard InChI is InChI=1S/C20H24ClNO6S/c1-4-22(5-2)29(24,25)19-14-15(6-11-18(19)21)20(23)28-13-12-27-17-9-7-16(26-3)8-10-17/h6-11,14H,4-5,12-13H2,1-3H3. The van der Waals surface area contributed by atoms with Gasteiger partial charge in [-0.05, 0) is 42.5 Å². The third-order valence-corrected chi connectivity index (χ3v) is 6.67. The van der Waals surface area contributed by atoms with E-state index < -0.39 is 16.0 Å². The van der Waals surface area contributed by atoms with Crippen LogP contribution in [-0.2, 0) is 14.8 Å². The van der Waals surface area contributed by atoms with Crippen LogP contribution in [0.4, 0.5) is 0 Å². The van der Waals surface area contributed by atoms with E-state index in [9.17, 15) is 13.2 Å². The van der Waals surface area contributed by atoms with Crippen molar-refractivity contribution in [2.24, 2.45) is 0 Å². The molecule has 0 aromatic heterocycles. The maximum absolute atomic E-state index is 12.7. The topological polar surface area (TPSA) is 82.1 Å². The number of hydrogen-bond acceptors (Lipinski definition) is 6. The number of methoxy groups -OCH3 is 1. The lowest BCUT2D eigenvalue weighted by Crippen LogP contribution is -2.31. The molecule has 0 heterocycles. The summed E-state index contributed by atoms with van der Waals surface area (Å²) in [6.07, 6.45) is 0. The van der Waals surface area contributed by atoms with Crippen molar-refractivity contribution >= 4 is 27.6 Å². The lowest BCUT2D eigenvalue weighted by atomic mass is 10.2. The van der Waals surface area contributed by atoms with Crippen molar-refractivity contribution in [2.75, 3.05) is 33.4 Å². The smallest absolute Gasteiger partial charge is 0.338 e. The Morgan fingerprint density at radius 3 is 2.21 bits per heavy atom. The van der Waals surface area contributed by atoms with E-state index in [-0.39, 0.29) is 28.7 Å². The van der Waals surface area contributed by atoms with E-state index >= 15 is 0 Å². The molecule has 7 nitrogen and oxygen atoms in total. The number of nitrogens with zero attached hydrogens (tertiary/aromatic N) is 1. The fourth-order valence-corrected chi connectivity index (χ4v) is 4.54. The maximum atomic E-state index is 12.7. The molecule has 158 valence electrons. The summed E-state index contributed by atoms with van der Waals surface area (Å²) >= 11 is 6.07. The van der Waals surface area contributed by atoms with Gasteiger partial charge in [-0.15, -0.1) is 0 Å². The van der Waals surface area contributed by atoms with Crippen molar-refractivity contribution in [3.05, 3.63) is 53.1 Å². The van der Waals surface area contributed by atoms with Crippen molar-refractivity contribution in [1.29, 1.82) is 0 Å². The summed E-state index contributed by atoms with van der Waals surface area (Å²) in [6, 6.07) is 11.0. The summed E-state index contributed by atoms with van der Waals surface area (Å²) in [6.45, 7) is 4.22. The van der Waals surface area contributed by atoms with Crippen molar-refractivity contribution in [2.45, 2.75) is 18.7 Å². The molecular formula is C20H24ClNO6S. The third kappa shape index (κ3) is 5.85. The minimum atomic E-state index is -3.80. The van der Waals surface area contributed by atoms with Gasteiger partial charge in [-0.3, -0.25) is 0 Å². The van der Waals surface area contributed by atoms with E-state index in [2.05, 4.69) is 0 Å². The van der Waals surface area contributed by atoms with Crippen LogP contribution in [0.1, 0.15) is 24.2 Å². The number of sulfonamides is 1. The van der Waals surface area contributed by atoms with Gasteiger partial charge in [-0.1, -0.05) is 25.4 Å². The van der Waals surface area contributed by atoms with Gasteiger partial charge in [0.25, 0.3) is 0 Å². The summed E-state index contributed by atoms with van der Waals surface area (Å²) in [5.74, 6) is 0.666. The summed E-state index contributed by atoms with van der Waals surface area (Å²) in [5, 5.41) is 0.0521. The number of hydrogen-bond donors (Lipinski definition) is 0. The molecule has 0 fully saturated rings. The van der Waals surface area contributed by atoms with Crippen LogP contribution >= 0.6 is 11.6 Å². The predicted molar refractivity (Wildman–Crippen MR) is 110 cm³/mol. The van der Waals surface area contributed by atoms with Crippen LogP contribution < -0.4 is 9.47 Å². The number of benzene rings is 2. The second-order valence-electron chi connectivity index (χ2n) is 5.89. The first-order valence-corrected chi connectivity index (χ1v) is 10.9. The molecule has 0 unspecified atom stereocenters. The van der Waals surface area contributed by atoms with Gasteiger partial charge in [0.05, 0.1) is 17.7 Å². The lowest BCUT2D eigenvalue weighted by molar-refractivity contribution is 0.0450. The van der Waals surface area contributed by atoms with Crippen LogP contribution in [0.3, 0.4) is 0 Å². The highest BCUT2D eigenvalue weighted by molar-refractivity contribution is 7.89. The van der Waals surface area contributed by atoms with Crippen LogP contribution in [0.15, 0.2) is 47.4 Å². The Morgan fingerprint density at radius 1 is 1.00 bits per heavy atom. The molecule has 0 bridgehead atoms. The Labute approximate surface area is 176 Å². The Kier molecular flexibility index (Phi) is 8.31. The van der Waals surface area contributed by atoms with Crippen molar-refractivity contribution in [3.63, 3.8) is 0 Å². The maximum Gasteiger partial charge on any atom is 0.338 e. The molecule has 0 aliphatic heterocycles. The number of carbonyl (C=O) groups is 1. The number of rotatable bonds is 10. The number of halogens is 1. The summed E-state index contributed by atoms with van der Waals surface area (Å²) in [5.41, 5.74) is 0.101. The monoisotopic (exact) mass is 441 g/mol. The van der Waals surface area contributed by atoms with E-state index in [1.807, 2.05) is 0 Å². The van der Waals surface area contributed by atoms with Crippen molar-refractivity contribution < 1.29 is 27.4 Å². The predicted octanol–water partition coefficient (Wildman–Crippen LogP) is 3.61. The second kappa shape index (κ2) is 10.5. The van der Waals surface area contributed by atoms with Crippen LogP contribution in [0.5, 0.6) is 11.5 Å². The Morgan fingerprint density at radius 2 is 1.62 bits per heavy atom. The first-order valence-electron chi connectivity index (χ1n) is 9.07. The zero-order valence-electron chi connectivity index (χ0n) is 16.6. The largest absolute Gasteiger partial charge is 0.497 e. The van der Waals surface area contributed by atoms with Crippen LogP contribution in [-0.4, -0.2) is 52.1 Å². The van der Waals surface area contributed by atoms with Crippen molar-refractivity contribution in [3.8, 4) is 11.5 Å². The van der Waals surface area contributed by atoms with Gasteiger partial charge < -0.3 is 14.2 Å². The van der Waals surface area contributed by atoms with E-state index in [0.29, 0.717) is 24.6 Å². The molecule has 0 atom stereocenters. The quantitative estimate of drug-likeness (QED) is 0.413. The molecule has 2 rings (SSSR count). The van der Waals surface area contributed by atoms with Gasteiger partial charge in [0, 0.05) is 13.1 Å². The number of ether oxygens (including phenoxy) is 3. The average Bonchev–Trinajstić information content (AvgIpc) is 2.72. The van der Waals surface area contributed by atoms with Gasteiger partial charge in [-0.2, -0.15) is 4.31 Å². The first kappa shape index (κ1) is 23.0.